The fourth-order valence-electron chi connectivity index (χ4n) is 1.02. The first kappa shape index (κ1) is 14.9. The zero-order valence-electron chi connectivity index (χ0n) is 9.94. The molecule has 1 aromatic carbocycles. The van der Waals surface area contributed by atoms with Crippen LogP contribution in [0.1, 0.15) is 17.3 Å². The Morgan fingerprint density at radius 1 is 1.16 bits per heavy atom. The third-order valence-electron chi connectivity index (χ3n) is 1.86. The first-order valence-corrected chi connectivity index (χ1v) is 5.61. The number of ether oxygens (including phenoxy) is 1. The van der Waals surface area contributed by atoms with Crippen molar-refractivity contribution in [2.45, 2.75) is 6.92 Å². The van der Waals surface area contributed by atoms with Crippen LogP contribution in [0.2, 0.25) is 5.02 Å². The third kappa shape index (κ3) is 4.94. The molecule has 0 saturated heterocycles. The van der Waals surface area contributed by atoms with Gasteiger partial charge in [-0.3, -0.25) is 10.2 Å². The van der Waals surface area contributed by atoms with Gasteiger partial charge in [-0.25, -0.2) is 9.59 Å². The van der Waals surface area contributed by atoms with Crippen molar-refractivity contribution in [3.8, 4) is 0 Å². The first-order chi connectivity index (χ1) is 9.04. The smallest absolute Gasteiger partial charge is 0.437 e. The Morgan fingerprint density at radius 2 is 1.79 bits per heavy atom. The summed E-state index contributed by atoms with van der Waals surface area (Å²) in [4.78, 5) is 37.6. The van der Waals surface area contributed by atoms with Gasteiger partial charge in [-0.05, 0) is 31.2 Å². The highest BCUT2D eigenvalue weighted by Gasteiger charge is 2.17. The minimum absolute atomic E-state index is 0.0467. The Kier molecular flexibility index (Phi) is 5.77. The molecule has 1 aromatic rings. The van der Waals surface area contributed by atoms with Crippen molar-refractivity contribution in [2.24, 2.45) is 0 Å². The Labute approximate surface area is 113 Å². The minimum atomic E-state index is -1.27. The van der Waals surface area contributed by atoms with Crippen molar-refractivity contribution >= 4 is 29.4 Å². The van der Waals surface area contributed by atoms with Gasteiger partial charge in [0.1, 0.15) is 0 Å². The fraction of sp³-hybridized carbons (Fsp3) is 0.182. The summed E-state index contributed by atoms with van der Waals surface area (Å²) in [5, 5.41) is 0.484. The zero-order chi connectivity index (χ0) is 14.3. The SMILES string of the molecule is CCOC(=O)C(=O)ONNC(=O)c1ccc(Cl)cc1. The molecule has 0 aromatic heterocycles. The van der Waals surface area contributed by atoms with Crippen LogP contribution in [0.3, 0.4) is 0 Å². The van der Waals surface area contributed by atoms with Crippen LogP contribution in [0.25, 0.3) is 0 Å². The lowest BCUT2D eigenvalue weighted by Crippen LogP contribution is -2.40. The summed E-state index contributed by atoms with van der Waals surface area (Å²) >= 11 is 5.66. The van der Waals surface area contributed by atoms with Crippen molar-refractivity contribution in [3.05, 3.63) is 34.9 Å². The molecule has 0 aliphatic carbocycles. The molecule has 1 rings (SSSR count). The van der Waals surface area contributed by atoms with Crippen LogP contribution in [0.15, 0.2) is 24.3 Å². The molecule has 0 aliphatic heterocycles. The van der Waals surface area contributed by atoms with Crippen molar-refractivity contribution in [1.29, 1.82) is 0 Å². The van der Waals surface area contributed by atoms with Crippen molar-refractivity contribution < 1.29 is 24.0 Å². The van der Waals surface area contributed by atoms with Gasteiger partial charge in [0.25, 0.3) is 5.91 Å². The van der Waals surface area contributed by atoms with E-state index in [1.54, 1.807) is 6.92 Å². The van der Waals surface area contributed by atoms with E-state index < -0.39 is 17.8 Å². The largest absolute Gasteiger partial charge is 0.458 e. The quantitative estimate of drug-likeness (QED) is 0.478. The van der Waals surface area contributed by atoms with E-state index in [2.05, 4.69) is 15.0 Å². The van der Waals surface area contributed by atoms with Crippen LogP contribution in [0.5, 0.6) is 0 Å². The molecule has 0 bridgehead atoms. The number of halogens is 1. The van der Waals surface area contributed by atoms with Gasteiger partial charge in [-0.1, -0.05) is 17.2 Å². The predicted molar refractivity (Wildman–Crippen MR) is 64.8 cm³/mol. The summed E-state index contributed by atoms with van der Waals surface area (Å²) in [5.41, 5.74) is 4.21. The molecule has 0 radical (unpaired) electrons. The van der Waals surface area contributed by atoms with Gasteiger partial charge in [0.2, 0.25) is 0 Å². The highest BCUT2D eigenvalue weighted by Crippen LogP contribution is 2.08. The van der Waals surface area contributed by atoms with Gasteiger partial charge in [0, 0.05) is 10.6 Å². The summed E-state index contributed by atoms with van der Waals surface area (Å²) < 4.78 is 4.38. The summed E-state index contributed by atoms with van der Waals surface area (Å²) in [5.74, 6) is -2.98. The van der Waals surface area contributed by atoms with Gasteiger partial charge in [0.05, 0.1) is 6.61 Å². The second kappa shape index (κ2) is 7.34. The van der Waals surface area contributed by atoms with Gasteiger partial charge in [-0.15, -0.1) is 0 Å². The second-order valence-electron chi connectivity index (χ2n) is 3.17. The molecule has 0 spiro atoms. The molecule has 7 nitrogen and oxygen atoms in total. The molecular formula is C11H11ClN2O5. The summed E-state index contributed by atoms with van der Waals surface area (Å²) in [6.07, 6.45) is 0. The van der Waals surface area contributed by atoms with Crippen LogP contribution in [0, 0.1) is 0 Å². The maximum Gasteiger partial charge on any atom is 0.437 e. The number of esters is 1. The Morgan fingerprint density at radius 3 is 2.37 bits per heavy atom. The number of nitrogens with one attached hydrogen (secondary N) is 2. The minimum Gasteiger partial charge on any atom is -0.458 e. The molecule has 102 valence electrons. The summed E-state index contributed by atoms with van der Waals surface area (Å²) in [6, 6.07) is 6.02. The van der Waals surface area contributed by atoms with E-state index in [0.717, 1.165) is 0 Å². The molecule has 2 N–H and O–H groups in total. The average Bonchev–Trinajstić information content (AvgIpc) is 2.39. The van der Waals surface area contributed by atoms with Crippen molar-refractivity contribution in [2.75, 3.05) is 6.61 Å². The fourth-order valence-corrected chi connectivity index (χ4v) is 1.15. The lowest BCUT2D eigenvalue weighted by atomic mass is 10.2. The molecule has 0 fully saturated rings. The lowest BCUT2D eigenvalue weighted by Gasteiger charge is -2.06. The summed E-state index contributed by atoms with van der Waals surface area (Å²) in [6.45, 7) is 1.59. The van der Waals surface area contributed by atoms with E-state index in [-0.39, 0.29) is 6.61 Å². The Bertz CT molecular complexity index is 474. The number of benzene rings is 1. The zero-order valence-corrected chi connectivity index (χ0v) is 10.7. The van der Waals surface area contributed by atoms with E-state index >= 15 is 0 Å². The molecule has 0 aliphatic rings. The highest BCUT2D eigenvalue weighted by atomic mass is 35.5. The van der Waals surface area contributed by atoms with E-state index in [4.69, 9.17) is 11.6 Å². The predicted octanol–water partition coefficient (Wildman–Crippen LogP) is 0.596. The molecule has 0 unspecified atom stereocenters. The number of carbonyl (C=O) groups is 3. The van der Waals surface area contributed by atoms with Gasteiger partial charge < -0.3 is 9.57 Å². The number of amides is 1. The van der Waals surface area contributed by atoms with E-state index in [0.29, 0.717) is 10.6 Å². The number of carbonyl (C=O) groups excluding carboxylic acids is 3. The van der Waals surface area contributed by atoms with Crippen LogP contribution >= 0.6 is 11.6 Å². The number of hydrazine groups is 1. The number of hydrogen-bond donors (Lipinski definition) is 2. The number of rotatable bonds is 4. The van der Waals surface area contributed by atoms with Crippen LogP contribution in [0.4, 0.5) is 0 Å². The lowest BCUT2D eigenvalue weighted by molar-refractivity contribution is -0.173. The monoisotopic (exact) mass is 286 g/mol. The van der Waals surface area contributed by atoms with Crippen molar-refractivity contribution in [1.82, 2.24) is 11.0 Å². The van der Waals surface area contributed by atoms with E-state index in [9.17, 15) is 14.4 Å². The molecule has 8 heteroatoms. The van der Waals surface area contributed by atoms with Crippen LogP contribution in [-0.4, -0.2) is 24.5 Å². The van der Waals surface area contributed by atoms with Crippen molar-refractivity contribution in [3.63, 3.8) is 0 Å². The first-order valence-electron chi connectivity index (χ1n) is 5.23. The van der Waals surface area contributed by atoms with E-state index in [1.807, 2.05) is 5.59 Å². The maximum atomic E-state index is 11.5. The standard InChI is InChI=1S/C11H11ClN2O5/c1-2-18-10(16)11(17)19-14-13-9(15)7-3-5-8(12)6-4-7/h3-6,14H,2H2,1H3,(H,13,15). The molecular weight excluding hydrogens is 276 g/mol. The van der Waals surface area contributed by atoms with Gasteiger partial charge >= 0.3 is 11.9 Å². The summed E-state index contributed by atoms with van der Waals surface area (Å²) in [7, 11) is 0. The molecule has 0 atom stereocenters. The third-order valence-corrected chi connectivity index (χ3v) is 2.11. The van der Waals surface area contributed by atoms with Gasteiger partial charge in [-0.2, -0.15) is 0 Å². The highest BCUT2D eigenvalue weighted by molar-refractivity contribution is 6.30. The average molecular weight is 287 g/mol. The molecule has 1 amide bonds. The van der Waals surface area contributed by atoms with E-state index in [1.165, 1.54) is 24.3 Å². The second-order valence-corrected chi connectivity index (χ2v) is 3.61. The normalized spacial score (nSPS) is 9.58. The van der Waals surface area contributed by atoms with Crippen LogP contribution in [-0.2, 0) is 19.2 Å². The van der Waals surface area contributed by atoms with Gasteiger partial charge in [0.15, 0.2) is 0 Å². The topological polar surface area (TPSA) is 93.7 Å². The Balaban J connectivity index is 2.37. The number of hydrogen-bond acceptors (Lipinski definition) is 6. The molecule has 0 heterocycles. The Hall–Kier alpha value is -2.12. The molecule has 19 heavy (non-hydrogen) atoms. The molecule has 0 saturated carbocycles. The maximum absolute atomic E-state index is 11.5. The van der Waals surface area contributed by atoms with Crippen LogP contribution < -0.4 is 11.0 Å².